The van der Waals surface area contributed by atoms with Crippen LogP contribution >= 0.6 is 0 Å². The van der Waals surface area contributed by atoms with Gasteiger partial charge < -0.3 is 14.2 Å². The highest BCUT2D eigenvalue weighted by Gasteiger charge is 2.22. The molecule has 112 valence electrons. The minimum Gasteiger partial charge on any atom is -0.493 e. The van der Waals surface area contributed by atoms with Crippen LogP contribution in [-0.2, 0) is 26.2 Å². The Hall–Kier alpha value is -1.83. The van der Waals surface area contributed by atoms with Gasteiger partial charge in [-0.3, -0.25) is 4.79 Å². The minimum atomic E-state index is -4.93. The highest BCUT2D eigenvalue weighted by Crippen LogP contribution is 2.34. The summed E-state index contributed by atoms with van der Waals surface area (Å²) in [5, 5.41) is 0. The van der Waals surface area contributed by atoms with Gasteiger partial charge in [-0.25, -0.2) is 0 Å². The van der Waals surface area contributed by atoms with Gasteiger partial charge >= 0.3 is 16.2 Å². The van der Waals surface area contributed by atoms with E-state index < -0.39 is 21.1 Å². The number of halogens is 1. The van der Waals surface area contributed by atoms with Gasteiger partial charge in [0.2, 0.25) is 0 Å². The fourth-order valence-electron chi connectivity index (χ4n) is 1.66. The van der Waals surface area contributed by atoms with E-state index in [2.05, 4.69) is 4.74 Å². The van der Waals surface area contributed by atoms with Gasteiger partial charge in [-0.05, 0) is 18.1 Å². The molecular weight excluding hydrogens is 291 g/mol. The maximum Gasteiger partial charge on any atom is 0.332 e. The summed E-state index contributed by atoms with van der Waals surface area (Å²) in [5.74, 6) is -0.188. The van der Waals surface area contributed by atoms with E-state index >= 15 is 0 Å². The number of carbonyl (C=O) groups excluding carboxylic acids is 1. The molecule has 1 aromatic rings. The average Bonchev–Trinajstić information content (AvgIpc) is 2.42. The van der Waals surface area contributed by atoms with Gasteiger partial charge in [-0.1, -0.05) is 0 Å². The predicted molar refractivity (Wildman–Crippen MR) is 68.2 cm³/mol. The number of hydrogen-bond acceptors (Lipinski definition) is 6. The van der Waals surface area contributed by atoms with Crippen molar-refractivity contribution in [3.8, 4) is 11.5 Å². The van der Waals surface area contributed by atoms with Crippen LogP contribution in [0.4, 0.5) is 3.89 Å². The third-order valence-electron chi connectivity index (χ3n) is 2.66. The summed E-state index contributed by atoms with van der Waals surface area (Å²) in [7, 11) is -1.05. The van der Waals surface area contributed by atoms with Crippen molar-refractivity contribution in [3.05, 3.63) is 17.7 Å². The first-order valence-electron chi connectivity index (χ1n) is 5.59. The number of methoxy groups -OCH3 is 3. The number of rotatable bonds is 6. The Morgan fingerprint density at radius 1 is 1.15 bits per heavy atom. The number of hydrogen-bond donors (Lipinski definition) is 0. The SMILES string of the molecule is COC(=O)CCc1cc(OC)c(OC)cc1S(=O)(=O)F. The van der Waals surface area contributed by atoms with Crippen LogP contribution in [0.25, 0.3) is 0 Å². The van der Waals surface area contributed by atoms with E-state index in [1.54, 1.807) is 0 Å². The second-order valence-corrected chi connectivity index (χ2v) is 5.14. The zero-order valence-electron chi connectivity index (χ0n) is 11.3. The zero-order chi connectivity index (χ0) is 15.3. The largest absolute Gasteiger partial charge is 0.493 e. The van der Waals surface area contributed by atoms with Crippen molar-refractivity contribution in [2.24, 2.45) is 0 Å². The lowest BCUT2D eigenvalue weighted by molar-refractivity contribution is -0.140. The van der Waals surface area contributed by atoms with Crippen LogP contribution in [0, 0.1) is 0 Å². The molecule has 1 rings (SSSR count). The number of aryl methyl sites for hydroxylation is 1. The van der Waals surface area contributed by atoms with Crippen molar-refractivity contribution >= 4 is 16.2 Å². The van der Waals surface area contributed by atoms with Crippen molar-refractivity contribution in [1.82, 2.24) is 0 Å². The normalized spacial score (nSPS) is 11.0. The van der Waals surface area contributed by atoms with Gasteiger partial charge in [0.15, 0.2) is 11.5 Å². The molecule has 0 heterocycles. The molecule has 0 amide bonds. The fraction of sp³-hybridized carbons (Fsp3) is 0.417. The molecule has 8 heteroatoms. The van der Waals surface area contributed by atoms with Crippen LogP contribution < -0.4 is 9.47 Å². The summed E-state index contributed by atoms with van der Waals surface area (Å²) in [4.78, 5) is 10.6. The Morgan fingerprint density at radius 3 is 2.15 bits per heavy atom. The molecule has 0 aliphatic heterocycles. The molecule has 0 bridgehead atoms. The maximum absolute atomic E-state index is 13.3. The monoisotopic (exact) mass is 306 g/mol. The lowest BCUT2D eigenvalue weighted by atomic mass is 10.1. The van der Waals surface area contributed by atoms with Gasteiger partial charge in [0.1, 0.15) is 4.90 Å². The molecule has 0 aromatic heterocycles. The first-order chi connectivity index (χ1) is 9.33. The van der Waals surface area contributed by atoms with E-state index in [4.69, 9.17) is 9.47 Å². The minimum absolute atomic E-state index is 0.00547. The van der Waals surface area contributed by atoms with Crippen LogP contribution in [0.2, 0.25) is 0 Å². The van der Waals surface area contributed by atoms with E-state index in [0.717, 1.165) is 6.07 Å². The molecule has 6 nitrogen and oxygen atoms in total. The zero-order valence-corrected chi connectivity index (χ0v) is 12.1. The fourth-order valence-corrected chi connectivity index (χ4v) is 2.39. The summed E-state index contributed by atoms with van der Waals surface area (Å²) >= 11 is 0. The van der Waals surface area contributed by atoms with Crippen LogP contribution in [-0.4, -0.2) is 35.7 Å². The molecule has 0 saturated heterocycles. The lowest BCUT2D eigenvalue weighted by Gasteiger charge is -2.12. The predicted octanol–water partition coefficient (Wildman–Crippen LogP) is 1.47. The van der Waals surface area contributed by atoms with E-state index in [1.807, 2.05) is 0 Å². The summed E-state index contributed by atoms with van der Waals surface area (Å²) in [5.41, 5.74) is 0.121. The molecule has 0 radical (unpaired) electrons. The van der Waals surface area contributed by atoms with Gasteiger partial charge in [-0.15, -0.1) is 3.89 Å². The molecule has 0 unspecified atom stereocenters. The second-order valence-electron chi connectivity index (χ2n) is 3.83. The highest BCUT2D eigenvalue weighted by atomic mass is 32.3. The first kappa shape index (κ1) is 16.2. The van der Waals surface area contributed by atoms with Crippen LogP contribution in [0.1, 0.15) is 12.0 Å². The number of ether oxygens (including phenoxy) is 3. The third kappa shape index (κ3) is 3.83. The van der Waals surface area contributed by atoms with E-state index in [9.17, 15) is 17.1 Å². The number of carbonyl (C=O) groups is 1. The Morgan fingerprint density at radius 2 is 1.70 bits per heavy atom. The quantitative estimate of drug-likeness (QED) is 0.585. The summed E-state index contributed by atoms with van der Waals surface area (Å²) in [6, 6.07) is 2.36. The Balaban J connectivity index is 3.28. The average molecular weight is 306 g/mol. The molecular formula is C12H15FO6S. The molecule has 0 fully saturated rings. The Kier molecular flexibility index (Phi) is 5.32. The van der Waals surface area contributed by atoms with Crippen LogP contribution in [0.15, 0.2) is 17.0 Å². The van der Waals surface area contributed by atoms with Gasteiger partial charge in [0, 0.05) is 12.5 Å². The lowest BCUT2D eigenvalue weighted by Crippen LogP contribution is -2.06. The third-order valence-corrected chi connectivity index (χ3v) is 3.56. The van der Waals surface area contributed by atoms with Crippen LogP contribution in [0.3, 0.4) is 0 Å². The Bertz CT molecular complexity index is 596. The summed E-state index contributed by atoms with van der Waals surface area (Å²) < 4.78 is 50.0. The molecule has 0 aliphatic rings. The van der Waals surface area contributed by atoms with Crippen molar-refractivity contribution in [2.75, 3.05) is 21.3 Å². The second kappa shape index (κ2) is 6.56. The maximum atomic E-state index is 13.3. The molecule has 20 heavy (non-hydrogen) atoms. The van der Waals surface area contributed by atoms with Crippen molar-refractivity contribution in [2.45, 2.75) is 17.7 Å². The van der Waals surface area contributed by atoms with Gasteiger partial charge in [0.05, 0.1) is 21.3 Å². The molecule has 1 aromatic carbocycles. The van der Waals surface area contributed by atoms with E-state index in [1.165, 1.54) is 27.4 Å². The van der Waals surface area contributed by atoms with Gasteiger partial charge in [0.25, 0.3) is 0 Å². The smallest absolute Gasteiger partial charge is 0.332 e. The summed E-state index contributed by atoms with van der Waals surface area (Å²) in [6.07, 6.45) is -0.0694. The number of benzene rings is 1. The Labute approximate surface area is 116 Å². The topological polar surface area (TPSA) is 78.9 Å². The first-order valence-corrected chi connectivity index (χ1v) is 6.98. The summed E-state index contributed by atoms with van der Waals surface area (Å²) in [6.45, 7) is 0. The van der Waals surface area contributed by atoms with E-state index in [0.29, 0.717) is 0 Å². The highest BCUT2D eigenvalue weighted by molar-refractivity contribution is 7.86. The van der Waals surface area contributed by atoms with E-state index in [-0.39, 0.29) is 29.9 Å². The number of esters is 1. The van der Waals surface area contributed by atoms with Crippen molar-refractivity contribution < 1.29 is 31.3 Å². The molecule has 0 N–H and O–H groups in total. The molecule has 0 aliphatic carbocycles. The molecule has 0 spiro atoms. The standard InChI is InChI=1S/C12H15FO6S/c1-17-9-6-8(4-5-12(14)19-3)11(20(13,15)16)7-10(9)18-2/h6-7H,4-5H2,1-3H3. The van der Waals surface area contributed by atoms with Crippen molar-refractivity contribution in [3.63, 3.8) is 0 Å². The van der Waals surface area contributed by atoms with Crippen molar-refractivity contribution in [1.29, 1.82) is 0 Å². The van der Waals surface area contributed by atoms with Gasteiger partial charge in [-0.2, -0.15) is 8.42 Å². The molecule has 0 atom stereocenters. The van der Waals surface area contributed by atoms with Crippen LogP contribution in [0.5, 0.6) is 11.5 Å². The molecule has 0 saturated carbocycles.